The molecule has 7 heteroatoms. The lowest BCUT2D eigenvalue weighted by atomic mass is 10.1. The first-order valence-electron chi connectivity index (χ1n) is 7.06. The molecule has 0 saturated carbocycles. The van der Waals surface area contributed by atoms with Gasteiger partial charge in [0.05, 0.1) is 0 Å². The van der Waals surface area contributed by atoms with Crippen LogP contribution in [-0.4, -0.2) is 43.1 Å². The molecule has 0 radical (unpaired) electrons. The van der Waals surface area contributed by atoms with E-state index >= 15 is 0 Å². The molecule has 120 valence electrons. The number of esters is 1. The lowest BCUT2D eigenvalue weighted by Crippen LogP contribution is -2.38. The Morgan fingerprint density at radius 2 is 1.82 bits per heavy atom. The van der Waals surface area contributed by atoms with Crippen LogP contribution < -0.4 is 4.74 Å². The summed E-state index contributed by atoms with van der Waals surface area (Å²) in [5.74, 6) is -1.41. The maximum absolute atomic E-state index is 12.3. The van der Waals surface area contributed by atoms with Gasteiger partial charge in [-0.3, -0.25) is 4.79 Å². The van der Waals surface area contributed by atoms with Crippen molar-refractivity contribution in [2.45, 2.75) is 25.9 Å². The predicted molar refractivity (Wildman–Crippen MR) is 73.8 cm³/mol. The first-order valence-corrected chi connectivity index (χ1v) is 7.06. The van der Waals surface area contributed by atoms with Crippen molar-refractivity contribution in [2.24, 2.45) is 0 Å². The Hall–Kier alpha value is -2.18. The fraction of sp³-hybridized carbons (Fsp3) is 0.467. The number of benzene rings is 1. The molecule has 0 aliphatic carbocycles. The van der Waals surface area contributed by atoms with Crippen molar-refractivity contribution < 1.29 is 27.8 Å². The number of likely N-dealkylation sites (tertiary alicyclic amines) is 1. The van der Waals surface area contributed by atoms with Gasteiger partial charge in [0.15, 0.2) is 6.61 Å². The van der Waals surface area contributed by atoms with Gasteiger partial charge in [0.25, 0.3) is 5.91 Å². The zero-order valence-corrected chi connectivity index (χ0v) is 12.0. The van der Waals surface area contributed by atoms with E-state index < -0.39 is 19.2 Å². The summed E-state index contributed by atoms with van der Waals surface area (Å²) in [7, 11) is 0. The summed E-state index contributed by atoms with van der Waals surface area (Å²) in [6.07, 6.45) is 2.96. The van der Waals surface area contributed by atoms with E-state index in [1.165, 1.54) is 24.3 Å². The molecule has 5 nitrogen and oxygen atoms in total. The molecule has 1 heterocycles. The van der Waals surface area contributed by atoms with Gasteiger partial charge in [0.2, 0.25) is 0 Å². The van der Waals surface area contributed by atoms with Crippen LogP contribution in [0.1, 0.15) is 29.6 Å². The topological polar surface area (TPSA) is 55.8 Å². The smallest absolute Gasteiger partial charge is 0.387 e. The molecule has 22 heavy (non-hydrogen) atoms. The number of hydrogen-bond acceptors (Lipinski definition) is 4. The molecule has 1 fully saturated rings. The molecule has 1 aromatic rings. The van der Waals surface area contributed by atoms with Gasteiger partial charge in [-0.05, 0) is 31.4 Å². The largest absolute Gasteiger partial charge is 0.452 e. The first-order chi connectivity index (χ1) is 10.6. The molecule has 0 unspecified atom stereocenters. The van der Waals surface area contributed by atoms with Crippen molar-refractivity contribution in [3.8, 4) is 5.75 Å². The van der Waals surface area contributed by atoms with Crippen molar-refractivity contribution >= 4 is 11.9 Å². The number of rotatable bonds is 5. The van der Waals surface area contributed by atoms with Crippen LogP contribution in [0.25, 0.3) is 0 Å². The van der Waals surface area contributed by atoms with E-state index in [2.05, 4.69) is 4.74 Å². The van der Waals surface area contributed by atoms with Crippen LogP contribution in [0.4, 0.5) is 8.78 Å². The minimum absolute atomic E-state index is 0.130. The molecule has 1 amide bonds. The summed E-state index contributed by atoms with van der Waals surface area (Å²) in [6, 6.07) is 5.52. The summed E-state index contributed by atoms with van der Waals surface area (Å²) in [6.45, 7) is -2.13. The van der Waals surface area contributed by atoms with Gasteiger partial charge < -0.3 is 14.4 Å². The van der Waals surface area contributed by atoms with Crippen LogP contribution in [0.5, 0.6) is 5.75 Å². The number of carbonyl (C=O) groups excluding carboxylic acids is 2. The van der Waals surface area contributed by atoms with Crippen LogP contribution in [0, 0.1) is 0 Å². The Morgan fingerprint density at radius 3 is 2.50 bits per heavy atom. The number of para-hydroxylation sites is 1. The second kappa shape index (κ2) is 7.72. The van der Waals surface area contributed by atoms with Crippen LogP contribution in [0.15, 0.2) is 24.3 Å². The van der Waals surface area contributed by atoms with E-state index in [9.17, 15) is 18.4 Å². The SMILES string of the molecule is O=C(OCC(=O)N1CCCCC1)c1ccccc1OC(F)F. The lowest BCUT2D eigenvalue weighted by molar-refractivity contribution is -0.135. The van der Waals surface area contributed by atoms with Gasteiger partial charge in [-0.1, -0.05) is 12.1 Å². The van der Waals surface area contributed by atoms with Crippen LogP contribution in [-0.2, 0) is 9.53 Å². The highest BCUT2D eigenvalue weighted by atomic mass is 19.3. The highest BCUT2D eigenvalue weighted by Crippen LogP contribution is 2.21. The second-order valence-corrected chi connectivity index (χ2v) is 4.89. The maximum Gasteiger partial charge on any atom is 0.387 e. The fourth-order valence-electron chi connectivity index (χ4n) is 2.27. The number of amides is 1. The highest BCUT2D eigenvalue weighted by Gasteiger charge is 2.20. The Balaban J connectivity index is 1.93. The number of hydrogen-bond donors (Lipinski definition) is 0. The molecule has 0 aromatic heterocycles. The highest BCUT2D eigenvalue weighted by molar-refractivity contribution is 5.94. The third-order valence-electron chi connectivity index (χ3n) is 3.36. The third kappa shape index (κ3) is 4.41. The molecule has 1 aromatic carbocycles. The Kier molecular flexibility index (Phi) is 5.68. The van der Waals surface area contributed by atoms with Gasteiger partial charge in [-0.15, -0.1) is 0 Å². The summed E-state index contributed by atoms with van der Waals surface area (Å²) in [5.41, 5.74) is -0.130. The van der Waals surface area contributed by atoms with Crippen LogP contribution in [0.3, 0.4) is 0 Å². The predicted octanol–water partition coefficient (Wildman–Crippen LogP) is 2.46. The lowest BCUT2D eigenvalue weighted by Gasteiger charge is -2.26. The van der Waals surface area contributed by atoms with E-state index in [0.29, 0.717) is 13.1 Å². The molecule has 2 rings (SSSR count). The Morgan fingerprint density at radius 1 is 1.14 bits per heavy atom. The van der Waals surface area contributed by atoms with Crippen molar-refractivity contribution in [3.05, 3.63) is 29.8 Å². The summed E-state index contributed by atoms with van der Waals surface area (Å²) < 4.78 is 33.7. The normalized spacial score (nSPS) is 14.8. The van der Waals surface area contributed by atoms with Crippen molar-refractivity contribution in [2.75, 3.05) is 19.7 Å². The maximum atomic E-state index is 12.3. The van der Waals surface area contributed by atoms with Crippen LogP contribution in [0.2, 0.25) is 0 Å². The molecule has 0 bridgehead atoms. The standard InChI is InChI=1S/C15H17F2NO4/c16-15(17)22-12-7-3-2-6-11(12)14(20)21-10-13(19)18-8-4-1-5-9-18/h2-3,6-7,15H,1,4-5,8-10H2. The minimum atomic E-state index is -3.04. The van der Waals surface area contributed by atoms with Crippen molar-refractivity contribution in [1.82, 2.24) is 4.90 Å². The van der Waals surface area contributed by atoms with Crippen LogP contribution >= 0.6 is 0 Å². The molecule has 1 aliphatic heterocycles. The zero-order valence-electron chi connectivity index (χ0n) is 12.0. The first kappa shape index (κ1) is 16.2. The van der Waals surface area contributed by atoms with Crippen molar-refractivity contribution in [1.29, 1.82) is 0 Å². The Labute approximate surface area is 126 Å². The third-order valence-corrected chi connectivity index (χ3v) is 3.36. The van der Waals surface area contributed by atoms with Crippen molar-refractivity contribution in [3.63, 3.8) is 0 Å². The number of alkyl halides is 2. The van der Waals surface area contributed by atoms with Gasteiger partial charge in [-0.2, -0.15) is 8.78 Å². The quantitative estimate of drug-likeness (QED) is 0.784. The average molecular weight is 313 g/mol. The zero-order chi connectivity index (χ0) is 15.9. The monoisotopic (exact) mass is 313 g/mol. The van der Waals surface area contributed by atoms with E-state index in [4.69, 9.17) is 4.74 Å². The number of nitrogens with zero attached hydrogens (tertiary/aromatic N) is 1. The molecular formula is C15H17F2NO4. The number of ether oxygens (including phenoxy) is 2. The molecular weight excluding hydrogens is 296 g/mol. The number of halogens is 2. The fourth-order valence-corrected chi connectivity index (χ4v) is 2.27. The Bertz CT molecular complexity index is 530. The summed E-state index contributed by atoms with van der Waals surface area (Å²) in [5, 5.41) is 0. The van der Waals surface area contributed by atoms with E-state index in [0.717, 1.165) is 19.3 Å². The molecule has 0 spiro atoms. The van der Waals surface area contributed by atoms with Gasteiger partial charge in [-0.25, -0.2) is 4.79 Å². The van der Waals surface area contributed by atoms with Gasteiger partial charge in [0, 0.05) is 13.1 Å². The molecule has 1 saturated heterocycles. The molecule has 0 atom stereocenters. The summed E-state index contributed by atoms with van der Waals surface area (Å²) >= 11 is 0. The van der Waals surface area contributed by atoms with Gasteiger partial charge >= 0.3 is 12.6 Å². The second-order valence-electron chi connectivity index (χ2n) is 4.89. The van der Waals surface area contributed by atoms with E-state index in [1.807, 2.05) is 0 Å². The number of piperidine rings is 1. The molecule has 0 N–H and O–H groups in total. The molecule has 1 aliphatic rings. The van der Waals surface area contributed by atoms with Gasteiger partial charge in [0.1, 0.15) is 11.3 Å². The number of carbonyl (C=O) groups is 2. The van der Waals surface area contributed by atoms with E-state index in [-0.39, 0.29) is 17.2 Å². The average Bonchev–Trinajstić information content (AvgIpc) is 2.53. The summed E-state index contributed by atoms with van der Waals surface area (Å²) in [4.78, 5) is 25.4. The van der Waals surface area contributed by atoms with E-state index in [1.54, 1.807) is 4.90 Å². The minimum Gasteiger partial charge on any atom is -0.452 e.